The molecule has 1 amide bonds. The van der Waals surface area contributed by atoms with Gasteiger partial charge in [0.15, 0.2) is 12.4 Å². The van der Waals surface area contributed by atoms with E-state index in [1.54, 1.807) is 13.8 Å². The number of nitrogens with one attached hydrogen (secondary N) is 1. The molecule has 7 heteroatoms. The number of aromatic nitrogens is 2. The number of halogens is 2. The summed E-state index contributed by atoms with van der Waals surface area (Å²) in [5.41, 5.74) is 1.87. The van der Waals surface area contributed by atoms with Crippen LogP contribution >= 0.6 is 11.6 Å². The van der Waals surface area contributed by atoms with Crippen molar-refractivity contribution < 1.29 is 13.9 Å². The normalized spacial score (nSPS) is 13.7. The number of aryl methyl sites for hydroxylation is 1. The quantitative estimate of drug-likeness (QED) is 0.880. The second-order valence-electron chi connectivity index (χ2n) is 4.53. The lowest BCUT2D eigenvalue weighted by atomic mass is 10.2. The van der Waals surface area contributed by atoms with Crippen LogP contribution in [-0.2, 0) is 4.79 Å². The fourth-order valence-electron chi connectivity index (χ4n) is 2.11. The van der Waals surface area contributed by atoms with E-state index in [0.29, 0.717) is 27.8 Å². The van der Waals surface area contributed by atoms with Crippen LogP contribution in [0.4, 0.5) is 10.1 Å². The second kappa shape index (κ2) is 4.49. The summed E-state index contributed by atoms with van der Waals surface area (Å²) >= 11 is 6.07. The van der Waals surface area contributed by atoms with E-state index in [1.807, 2.05) is 0 Å². The number of hydrogen-bond acceptors (Lipinski definition) is 3. The van der Waals surface area contributed by atoms with Gasteiger partial charge in [-0.25, -0.2) is 9.07 Å². The highest BCUT2D eigenvalue weighted by atomic mass is 35.5. The second-order valence-corrected chi connectivity index (χ2v) is 4.91. The number of amides is 1. The van der Waals surface area contributed by atoms with Crippen molar-refractivity contribution in [3.8, 4) is 11.4 Å². The lowest BCUT2D eigenvalue weighted by molar-refractivity contribution is -0.118. The van der Waals surface area contributed by atoms with Crippen molar-refractivity contribution in [1.82, 2.24) is 9.78 Å². The van der Waals surface area contributed by atoms with E-state index >= 15 is 0 Å². The molecule has 1 aliphatic heterocycles. The topological polar surface area (TPSA) is 56.2 Å². The van der Waals surface area contributed by atoms with Gasteiger partial charge in [-0.2, -0.15) is 5.10 Å². The van der Waals surface area contributed by atoms with Gasteiger partial charge in [-0.3, -0.25) is 4.79 Å². The van der Waals surface area contributed by atoms with Crippen LogP contribution in [-0.4, -0.2) is 22.3 Å². The number of carbonyl (C=O) groups excluding carboxylic acids is 1. The van der Waals surface area contributed by atoms with Crippen LogP contribution in [0.1, 0.15) is 11.4 Å². The van der Waals surface area contributed by atoms with Gasteiger partial charge in [0, 0.05) is 6.07 Å². The van der Waals surface area contributed by atoms with Crippen molar-refractivity contribution >= 4 is 23.2 Å². The summed E-state index contributed by atoms with van der Waals surface area (Å²) in [5, 5.41) is 7.32. The fraction of sp³-hybridized carbons (Fsp3) is 0.231. The summed E-state index contributed by atoms with van der Waals surface area (Å²) in [7, 11) is 0. The minimum atomic E-state index is -0.498. The maximum Gasteiger partial charge on any atom is 0.262 e. The molecule has 0 atom stereocenters. The van der Waals surface area contributed by atoms with Gasteiger partial charge in [0.05, 0.1) is 22.1 Å². The molecule has 3 rings (SSSR count). The lowest BCUT2D eigenvalue weighted by Gasteiger charge is -2.19. The van der Waals surface area contributed by atoms with Crippen molar-refractivity contribution in [1.29, 1.82) is 0 Å². The summed E-state index contributed by atoms with van der Waals surface area (Å²) in [5.74, 6) is -0.470. The molecule has 0 spiro atoms. The van der Waals surface area contributed by atoms with Crippen LogP contribution in [0.15, 0.2) is 12.1 Å². The number of carbonyl (C=O) groups is 1. The Morgan fingerprint density at radius 1 is 1.45 bits per heavy atom. The molecule has 0 aliphatic carbocycles. The molecule has 0 saturated carbocycles. The molecule has 2 aromatic rings. The Morgan fingerprint density at radius 3 is 2.85 bits per heavy atom. The van der Waals surface area contributed by atoms with Gasteiger partial charge in [0.2, 0.25) is 0 Å². The maximum atomic E-state index is 14.2. The van der Waals surface area contributed by atoms with E-state index < -0.39 is 5.82 Å². The SMILES string of the molecule is Cc1nn(-c2cc3c(cc2F)OCC(=O)N3)c(C)c1Cl. The van der Waals surface area contributed by atoms with E-state index in [2.05, 4.69) is 10.4 Å². The number of anilines is 1. The molecule has 1 aliphatic rings. The highest BCUT2D eigenvalue weighted by Gasteiger charge is 2.21. The number of rotatable bonds is 1. The summed E-state index contributed by atoms with van der Waals surface area (Å²) in [4.78, 5) is 11.3. The van der Waals surface area contributed by atoms with Gasteiger partial charge in [-0.15, -0.1) is 0 Å². The molecule has 0 fully saturated rings. The Morgan fingerprint density at radius 2 is 2.20 bits per heavy atom. The summed E-state index contributed by atoms with van der Waals surface area (Å²) in [6.45, 7) is 3.38. The molecule has 5 nitrogen and oxygen atoms in total. The van der Waals surface area contributed by atoms with Crippen molar-refractivity contribution in [3.63, 3.8) is 0 Å². The monoisotopic (exact) mass is 295 g/mol. The van der Waals surface area contributed by atoms with Gasteiger partial charge in [-0.1, -0.05) is 11.6 Å². The van der Waals surface area contributed by atoms with Crippen LogP contribution in [0.3, 0.4) is 0 Å². The first kappa shape index (κ1) is 12.9. The Bertz CT molecular complexity index is 727. The van der Waals surface area contributed by atoms with Crippen LogP contribution in [0, 0.1) is 19.7 Å². The molecule has 20 heavy (non-hydrogen) atoms. The number of hydrogen-bond donors (Lipinski definition) is 1. The number of nitrogens with zero attached hydrogens (tertiary/aromatic N) is 2. The summed E-state index contributed by atoms with van der Waals surface area (Å²) in [6, 6.07) is 2.71. The standard InChI is InChI=1S/C13H11ClFN3O2/c1-6-13(14)7(2)18(17-6)10-4-9-11(3-8(10)15)20-5-12(19)16-9/h3-4H,5H2,1-2H3,(H,16,19). The molecule has 1 aromatic heterocycles. The third-order valence-corrected chi connectivity index (χ3v) is 3.66. The Hall–Kier alpha value is -2.08. The van der Waals surface area contributed by atoms with Gasteiger partial charge in [-0.05, 0) is 19.9 Å². The van der Waals surface area contributed by atoms with Gasteiger partial charge in [0.1, 0.15) is 11.4 Å². The summed E-state index contributed by atoms with van der Waals surface area (Å²) < 4.78 is 20.8. The molecular weight excluding hydrogens is 285 g/mol. The average Bonchev–Trinajstić information content (AvgIpc) is 2.66. The zero-order valence-corrected chi connectivity index (χ0v) is 11.6. The Labute approximate surface area is 119 Å². The molecule has 104 valence electrons. The molecule has 0 radical (unpaired) electrons. The van der Waals surface area contributed by atoms with Crippen molar-refractivity contribution in [2.75, 3.05) is 11.9 Å². The highest BCUT2D eigenvalue weighted by Crippen LogP contribution is 2.33. The Kier molecular flexibility index (Phi) is 2.90. The minimum Gasteiger partial charge on any atom is -0.481 e. The first-order valence-corrected chi connectivity index (χ1v) is 6.33. The van der Waals surface area contributed by atoms with E-state index in [4.69, 9.17) is 16.3 Å². The molecule has 1 aromatic carbocycles. The van der Waals surface area contributed by atoms with Crippen LogP contribution in [0.25, 0.3) is 5.69 Å². The van der Waals surface area contributed by atoms with Crippen molar-refractivity contribution in [2.45, 2.75) is 13.8 Å². The average molecular weight is 296 g/mol. The predicted octanol–water partition coefficient (Wildman–Crippen LogP) is 2.61. The zero-order chi connectivity index (χ0) is 14.4. The molecule has 2 heterocycles. The Balaban J connectivity index is 2.17. The van der Waals surface area contributed by atoms with Gasteiger partial charge in [0.25, 0.3) is 5.91 Å². The molecule has 0 saturated heterocycles. The van der Waals surface area contributed by atoms with Crippen molar-refractivity contribution in [3.05, 3.63) is 34.4 Å². The minimum absolute atomic E-state index is 0.114. The van der Waals surface area contributed by atoms with E-state index in [1.165, 1.54) is 16.8 Å². The molecule has 0 bridgehead atoms. The van der Waals surface area contributed by atoms with Crippen molar-refractivity contribution in [2.24, 2.45) is 0 Å². The first-order valence-electron chi connectivity index (χ1n) is 5.95. The maximum absolute atomic E-state index is 14.2. The van der Waals surface area contributed by atoms with Gasteiger partial charge >= 0.3 is 0 Å². The zero-order valence-electron chi connectivity index (χ0n) is 10.8. The predicted molar refractivity (Wildman–Crippen MR) is 72.1 cm³/mol. The van der Waals surface area contributed by atoms with Crippen LogP contribution < -0.4 is 10.1 Å². The van der Waals surface area contributed by atoms with Crippen LogP contribution in [0.2, 0.25) is 5.02 Å². The molecular formula is C13H11ClFN3O2. The number of ether oxygens (including phenoxy) is 1. The van der Waals surface area contributed by atoms with Crippen LogP contribution in [0.5, 0.6) is 5.75 Å². The number of fused-ring (bicyclic) bond motifs is 1. The van der Waals surface area contributed by atoms with Gasteiger partial charge < -0.3 is 10.1 Å². The smallest absolute Gasteiger partial charge is 0.262 e. The lowest BCUT2D eigenvalue weighted by Crippen LogP contribution is -2.25. The van der Waals surface area contributed by atoms with E-state index in [9.17, 15) is 9.18 Å². The molecule has 0 unspecified atom stereocenters. The van der Waals surface area contributed by atoms with E-state index in [-0.39, 0.29) is 18.2 Å². The molecule has 1 N–H and O–H groups in total. The third kappa shape index (κ3) is 1.92. The largest absolute Gasteiger partial charge is 0.481 e. The number of benzene rings is 1. The fourth-order valence-corrected chi connectivity index (χ4v) is 2.23. The first-order chi connectivity index (χ1) is 9.47. The highest BCUT2D eigenvalue weighted by molar-refractivity contribution is 6.31. The van der Waals surface area contributed by atoms with E-state index in [0.717, 1.165) is 0 Å². The third-order valence-electron chi connectivity index (χ3n) is 3.11. The summed E-state index contributed by atoms with van der Waals surface area (Å²) in [6.07, 6.45) is 0.